The lowest BCUT2D eigenvalue weighted by atomic mass is 10.2. The van der Waals surface area contributed by atoms with Gasteiger partial charge in [-0.2, -0.15) is 0 Å². The molecule has 4 nitrogen and oxygen atoms in total. The minimum Gasteiger partial charge on any atom is -0.481 e. The van der Waals surface area contributed by atoms with Crippen LogP contribution in [0, 0.1) is 0 Å². The Morgan fingerprint density at radius 2 is 2.40 bits per heavy atom. The zero-order valence-electron chi connectivity index (χ0n) is 8.08. The molecule has 1 N–H and O–H groups in total. The van der Waals surface area contributed by atoms with Crippen LogP contribution in [0.4, 0.5) is 0 Å². The smallest absolute Gasteiger partial charge is 0.213 e. The van der Waals surface area contributed by atoms with Crippen molar-refractivity contribution in [2.24, 2.45) is 0 Å². The van der Waals surface area contributed by atoms with E-state index in [0.29, 0.717) is 12.3 Å². The summed E-state index contributed by atoms with van der Waals surface area (Å²) in [7, 11) is 1.57. The van der Waals surface area contributed by atoms with Crippen LogP contribution in [0.5, 0.6) is 5.88 Å². The highest BCUT2D eigenvalue weighted by atomic mass is 79.9. The van der Waals surface area contributed by atoms with E-state index in [2.05, 4.69) is 25.9 Å². The molecule has 0 spiro atoms. The normalized spacial score (nSPS) is 10.5. The first-order valence-corrected chi connectivity index (χ1v) is 5.19. The number of methoxy groups -OCH3 is 1. The molecule has 2 aromatic rings. The predicted molar refractivity (Wildman–Crippen MR) is 60.3 cm³/mol. The van der Waals surface area contributed by atoms with Gasteiger partial charge in [-0.3, -0.25) is 4.79 Å². The molecule has 0 aromatic carbocycles. The molecular weight excluding hydrogens is 260 g/mol. The van der Waals surface area contributed by atoms with Crippen molar-refractivity contribution in [3.05, 3.63) is 23.9 Å². The Balaban J connectivity index is 2.51. The predicted octanol–water partition coefficient (Wildman–Crippen LogP) is 2.04. The second kappa shape index (κ2) is 4.02. The third-order valence-corrected chi connectivity index (χ3v) is 2.39. The van der Waals surface area contributed by atoms with Crippen LogP contribution in [0.25, 0.3) is 11.0 Å². The fraction of sp³-hybridized carbons (Fsp3) is 0.200. The van der Waals surface area contributed by atoms with Crippen LogP contribution in [0.1, 0.15) is 5.56 Å². The van der Waals surface area contributed by atoms with Crippen LogP contribution < -0.4 is 4.74 Å². The van der Waals surface area contributed by atoms with E-state index in [9.17, 15) is 4.79 Å². The van der Waals surface area contributed by atoms with E-state index in [-0.39, 0.29) is 4.69 Å². The minimum atomic E-state index is -0.0620. The van der Waals surface area contributed by atoms with Gasteiger partial charge in [-0.15, -0.1) is 0 Å². The number of rotatable bonds is 3. The van der Waals surface area contributed by atoms with Gasteiger partial charge in [-0.1, -0.05) is 0 Å². The SMILES string of the molecule is COc1ccc2[nH]cc(CC(=O)Br)c2n1. The second-order valence-electron chi connectivity index (χ2n) is 3.10. The average Bonchev–Trinajstić information content (AvgIpc) is 2.60. The summed E-state index contributed by atoms with van der Waals surface area (Å²) < 4.78 is 4.97. The van der Waals surface area contributed by atoms with E-state index in [1.54, 1.807) is 19.4 Å². The summed E-state index contributed by atoms with van der Waals surface area (Å²) >= 11 is 2.91. The molecule has 2 rings (SSSR count). The number of H-pyrrole nitrogens is 1. The molecule has 2 heterocycles. The lowest BCUT2D eigenvalue weighted by Crippen LogP contribution is -1.93. The lowest BCUT2D eigenvalue weighted by molar-refractivity contribution is -0.109. The molecule has 0 bridgehead atoms. The standard InChI is InChI=1S/C10H9BrN2O2/c1-15-9-3-2-7-10(13-9)6(5-12-7)4-8(11)14/h2-3,5,12H,4H2,1H3. The zero-order chi connectivity index (χ0) is 10.8. The summed E-state index contributed by atoms with van der Waals surface area (Å²) in [4.78, 5) is 18.3. The van der Waals surface area contributed by atoms with Gasteiger partial charge in [0.25, 0.3) is 0 Å². The number of halogens is 1. The average molecular weight is 269 g/mol. The first-order valence-electron chi connectivity index (χ1n) is 4.40. The van der Waals surface area contributed by atoms with Gasteiger partial charge in [-0.25, -0.2) is 4.98 Å². The number of aromatic nitrogens is 2. The number of nitrogens with zero attached hydrogens (tertiary/aromatic N) is 1. The van der Waals surface area contributed by atoms with Crippen LogP contribution in [-0.4, -0.2) is 21.8 Å². The van der Waals surface area contributed by atoms with Crippen molar-refractivity contribution in [3.63, 3.8) is 0 Å². The molecule has 5 heteroatoms. The van der Waals surface area contributed by atoms with Gasteiger partial charge in [0, 0.05) is 24.2 Å². The number of hydrogen-bond acceptors (Lipinski definition) is 3. The minimum absolute atomic E-state index is 0.0620. The number of fused-ring (bicyclic) bond motifs is 1. The molecule has 0 radical (unpaired) electrons. The molecule has 0 aliphatic carbocycles. The van der Waals surface area contributed by atoms with E-state index in [1.807, 2.05) is 6.07 Å². The van der Waals surface area contributed by atoms with Gasteiger partial charge in [0.05, 0.1) is 18.1 Å². The van der Waals surface area contributed by atoms with Crippen molar-refractivity contribution in [1.82, 2.24) is 9.97 Å². The van der Waals surface area contributed by atoms with Crippen LogP contribution in [0.15, 0.2) is 18.3 Å². The number of carbonyl (C=O) groups excluding carboxylic acids is 1. The Bertz CT molecular complexity index is 507. The van der Waals surface area contributed by atoms with Crippen molar-refractivity contribution in [3.8, 4) is 5.88 Å². The van der Waals surface area contributed by atoms with Crippen LogP contribution >= 0.6 is 15.9 Å². The summed E-state index contributed by atoms with van der Waals surface area (Å²) in [6.07, 6.45) is 2.11. The number of pyridine rings is 1. The third kappa shape index (κ3) is 2.02. The van der Waals surface area contributed by atoms with Crippen molar-refractivity contribution >= 4 is 31.7 Å². The van der Waals surface area contributed by atoms with Crippen LogP contribution in [0.2, 0.25) is 0 Å². The van der Waals surface area contributed by atoms with Crippen molar-refractivity contribution in [2.75, 3.05) is 7.11 Å². The highest BCUT2D eigenvalue weighted by Crippen LogP contribution is 2.20. The van der Waals surface area contributed by atoms with E-state index in [0.717, 1.165) is 16.6 Å². The highest BCUT2D eigenvalue weighted by molar-refractivity contribution is 9.18. The number of aromatic amines is 1. The van der Waals surface area contributed by atoms with Crippen molar-refractivity contribution in [1.29, 1.82) is 0 Å². The number of nitrogens with one attached hydrogen (secondary N) is 1. The Kier molecular flexibility index (Phi) is 2.73. The maximum Gasteiger partial charge on any atom is 0.213 e. The topological polar surface area (TPSA) is 55.0 Å². The molecular formula is C10H9BrN2O2. The van der Waals surface area contributed by atoms with Gasteiger partial charge in [0.2, 0.25) is 10.6 Å². The molecule has 0 aliphatic rings. The zero-order valence-corrected chi connectivity index (χ0v) is 9.67. The summed E-state index contributed by atoms with van der Waals surface area (Å²) in [5.41, 5.74) is 2.55. The van der Waals surface area contributed by atoms with E-state index in [4.69, 9.17) is 4.74 Å². The summed E-state index contributed by atoms with van der Waals surface area (Å²) in [6, 6.07) is 3.65. The molecule has 0 unspecified atom stereocenters. The third-order valence-electron chi connectivity index (χ3n) is 2.11. The van der Waals surface area contributed by atoms with Gasteiger partial charge in [0.1, 0.15) is 0 Å². The van der Waals surface area contributed by atoms with Gasteiger partial charge >= 0.3 is 0 Å². The summed E-state index contributed by atoms with van der Waals surface area (Å²) in [5, 5.41) is 0. The number of hydrogen-bond donors (Lipinski definition) is 1. The van der Waals surface area contributed by atoms with Crippen LogP contribution in [0.3, 0.4) is 0 Å². The molecule has 0 amide bonds. The molecule has 0 saturated heterocycles. The fourth-order valence-electron chi connectivity index (χ4n) is 1.43. The van der Waals surface area contributed by atoms with Gasteiger partial charge < -0.3 is 9.72 Å². The van der Waals surface area contributed by atoms with E-state index in [1.165, 1.54) is 0 Å². The summed E-state index contributed by atoms with van der Waals surface area (Å²) in [6.45, 7) is 0. The lowest BCUT2D eigenvalue weighted by Gasteiger charge is -1.98. The monoisotopic (exact) mass is 268 g/mol. The molecule has 78 valence electrons. The number of ether oxygens (including phenoxy) is 1. The largest absolute Gasteiger partial charge is 0.481 e. The van der Waals surface area contributed by atoms with Crippen molar-refractivity contribution < 1.29 is 9.53 Å². The van der Waals surface area contributed by atoms with Crippen LogP contribution in [-0.2, 0) is 11.2 Å². The first kappa shape index (κ1) is 10.2. The Labute approximate surface area is 94.8 Å². The Morgan fingerprint density at radius 1 is 1.60 bits per heavy atom. The highest BCUT2D eigenvalue weighted by Gasteiger charge is 2.08. The van der Waals surface area contributed by atoms with Crippen molar-refractivity contribution in [2.45, 2.75) is 6.42 Å². The molecule has 0 saturated carbocycles. The molecule has 2 aromatic heterocycles. The molecule has 15 heavy (non-hydrogen) atoms. The summed E-state index contributed by atoms with van der Waals surface area (Å²) in [5.74, 6) is 0.547. The maximum absolute atomic E-state index is 11.0. The second-order valence-corrected chi connectivity index (χ2v) is 3.98. The van der Waals surface area contributed by atoms with Gasteiger partial charge in [-0.05, 0) is 22.0 Å². The maximum atomic E-state index is 11.0. The Morgan fingerprint density at radius 3 is 3.07 bits per heavy atom. The Hall–Kier alpha value is -1.36. The molecule has 0 atom stereocenters. The first-order chi connectivity index (χ1) is 7.20. The fourth-order valence-corrected chi connectivity index (χ4v) is 1.74. The molecule has 0 fully saturated rings. The van der Waals surface area contributed by atoms with Gasteiger partial charge in [0.15, 0.2) is 0 Å². The molecule has 0 aliphatic heterocycles. The number of carbonyl (C=O) groups is 1. The quantitative estimate of drug-likeness (QED) is 0.867. The van der Waals surface area contributed by atoms with E-state index >= 15 is 0 Å². The van der Waals surface area contributed by atoms with E-state index < -0.39 is 0 Å².